The van der Waals surface area contributed by atoms with Crippen molar-refractivity contribution in [1.82, 2.24) is 0 Å². The smallest absolute Gasteiger partial charge is 0.0594 e. The molecule has 3 saturated carbocycles. The summed E-state index contributed by atoms with van der Waals surface area (Å²) in [7, 11) is 0. The van der Waals surface area contributed by atoms with Gasteiger partial charge in [-0.05, 0) is 254 Å². The molecule has 0 amide bonds. The molecule has 13 aromatic carbocycles. The van der Waals surface area contributed by atoms with E-state index in [0.29, 0.717) is 0 Å². The Bertz CT molecular complexity index is 5200. The van der Waals surface area contributed by atoms with Gasteiger partial charge >= 0.3 is 0 Å². The normalized spacial score (nSPS) is 25.4. The maximum absolute atomic E-state index is 2.81. The molecule has 3 aliphatic carbocycles. The summed E-state index contributed by atoms with van der Waals surface area (Å²) in [6.45, 7) is 30.5. The number of para-hydroxylation sites is 3. The first-order valence-corrected chi connectivity index (χ1v) is 37.5. The number of rotatable bonds is 6. The van der Waals surface area contributed by atoms with Gasteiger partial charge in [-0.2, -0.15) is 0 Å². The quantitative estimate of drug-likeness (QED) is 0.164. The highest BCUT2D eigenvalue weighted by atomic mass is 15.3. The second-order valence-electron chi connectivity index (χ2n) is 35.1. The van der Waals surface area contributed by atoms with Crippen LogP contribution in [-0.2, 0) is 16.2 Å². The van der Waals surface area contributed by atoms with E-state index in [1.165, 1.54) is 213 Å². The van der Waals surface area contributed by atoms with Gasteiger partial charge in [-0.25, -0.2) is 0 Å². The van der Waals surface area contributed by atoms with Crippen LogP contribution in [0.4, 0.5) is 34.1 Å². The van der Waals surface area contributed by atoms with Crippen molar-refractivity contribution in [2.75, 3.05) is 14.7 Å². The van der Waals surface area contributed by atoms with Gasteiger partial charge in [-0.3, -0.25) is 0 Å². The highest BCUT2D eigenvalue weighted by molar-refractivity contribution is 6.39. The molecule has 6 atom stereocenters. The van der Waals surface area contributed by atoms with Crippen LogP contribution in [0.15, 0.2) is 212 Å². The van der Waals surface area contributed by atoms with Crippen LogP contribution < -0.4 is 14.7 Å². The Morgan fingerprint density at radius 1 is 0.255 bits per heavy atom. The minimum atomic E-state index is -0.101. The minimum Gasteiger partial charge on any atom is -0.334 e. The lowest BCUT2D eigenvalue weighted by Crippen LogP contribution is -2.64. The Morgan fingerprint density at radius 3 is 0.918 bits per heavy atom. The Kier molecular flexibility index (Phi) is 12.5. The van der Waals surface area contributed by atoms with Crippen LogP contribution in [0.3, 0.4) is 0 Å². The van der Waals surface area contributed by atoms with Crippen molar-refractivity contribution < 1.29 is 0 Å². The fourth-order valence-electron chi connectivity index (χ4n) is 24.3. The maximum atomic E-state index is 2.81. The molecule has 0 radical (unpaired) electrons. The summed E-state index contributed by atoms with van der Waals surface area (Å²) in [5.41, 5.74) is 20.1. The summed E-state index contributed by atoms with van der Waals surface area (Å²) in [5.74, 6) is 0. The van der Waals surface area contributed by atoms with Crippen LogP contribution in [-0.4, -0.2) is 16.6 Å². The van der Waals surface area contributed by atoms with Gasteiger partial charge in [0.2, 0.25) is 0 Å². The third kappa shape index (κ3) is 7.41. The lowest BCUT2D eigenvalue weighted by Gasteiger charge is -2.59. The van der Waals surface area contributed by atoms with Crippen molar-refractivity contribution in [2.24, 2.45) is 16.2 Å². The number of benzene rings is 11. The van der Waals surface area contributed by atoms with Gasteiger partial charge in [0.1, 0.15) is 0 Å². The summed E-state index contributed by atoms with van der Waals surface area (Å²) < 4.78 is 0. The molecule has 3 nitrogen and oxygen atoms in total. The van der Waals surface area contributed by atoms with Gasteiger partial charge in [-0.15, -0.1) is 0 Å². The number of anilines is 6. The zero-order valence-electron chi connectivity index (χ0n) is 60.0. The van der Waals surface area contributed by atoms with E-state index in [2.05, 4.69) is 310 Å². The van der Waals surface area contributed by atoms with Crippen molar-refractivity contribution in [3.63, 3.8) is 0 Å². The van der Waals surface area contributed by atoms with Crippen LogP contribution in [0.5, 0.6) is 0 Å². The Labute approximate surface area is 581 Å². The van der Waals surface area contributed by atoms with Gasteiger partial charge in [0.05, 0.1) is 16.6 Å². The monoisotopic (exact) mass is 1280 g/mol. The first-order chi connectivity index (χ1) is 47.1. The summed E-state index contributed by atoms with van der Waals surface area (Å²) in [4.78, 5) is 8.41. The zero-order valence-corrected chi connectivity index (χ0v) is 60.0. The highest BCUT2D eigenvalue weighted by Crippen LogP contribution is 2.71. The van der Waals surface area contributed by atoms with E-state index in [0.717, 1.165) is 12.8 Å². The van der Waals surface area contributed by atoms with Gasteiger partial charge in [0, 0.05) is 50.4 Å². The van der Waals surface area contributed by atoms with Gasteiger partial charge < -0.3 is 14.7 Å². The van der Waals surface area contributed by atoms with E-state index in [-0.39, 0.29) is 49.1 Å². The molecule has 0 N–H and O–H groups in total. The van der Waals surface area contributed by atoms with Crippen LogP contribution >= 0.6 is 0 Å². The molecule has 13 aromatic rings. The molecule has 3 heterocycles. The molecule has 3 aliphatic heterocycles. The zero-order chi connectivity index (χ0) is 67.1. The molecule has 0 spiro atoms. The third-order valence-corrected chi connectivity index (χ3v) is 28.0. The standard InChI is InChI=1S/C95H95N3/c1-87(2,3)93-52-25-22-49-90(93,10)78-55-60(37-46-81(78)96(93)63-29-16-13-17-30-63)66-40-43-71-75-59-77-73-45-42-68(62-39-48-83-80(57-62)92(12)51-24-27-54-95(92,89(7,8)9)98(83)65-33-20-15-21-34-65)85-67(41-44-72(86(73)85)76(77)58-74(75)70-36-28-35-69(66)84(70)71)61-38-47-82-79(56-61)91(11)50-23-26-53-94(91,88(4,5)6)97(82)64-31-18-14-19-32-64/h13-21,28-48,55-59H,22-27,49-54H2,1-12H3. The van der Waals surface area contributed by atoms with E-state index in [4.69, 9.17) is 0 Å². The molecule has 98 heavy (non-hydrogen) atoms. The second kappa shape index (κ2) is 20.3. The number of hydrogen-bond acceptors (Lipinski definition) is 3. The van der Waals surface area contributed by atoms with Crippen molar-refractivity contribution in [2.45, 2.75) is 193 Å². The van der Waals surface area contributed by atoms with E-state index in [1.807, 2.05) is 0 Å². The summed E-state index contributed by atoms with van der Waals surface area (Å²) in [5, 5.41) is 16.2. The van der Waals surface area contributed by atoms with E-state index >= 15 is 0 Å². The molecule has 6 aliphatic rings. The molecule has 490 valence electrons. The number of fused-ring (bicyclic) bond motifs is 15. The van der Waals surface area contributed by atoms with Crippen molar-refractivity contribution in [3.05, 3.63) is 229 Å². The van der Waals surface area contributed by atoms with Crippen LogP contribution in [0.25, 0.3) is 98.0 Å². The predicted molar refractivity (Wildman–Crippen MR) is 420 cm³/mol. The van der Waals surface area contributed by atoms with Crippen molar-refractivity contribution >= 4 is 98.8 Å². The molecular formula is C95H95N3. The second-order valence-corrected chi connectivity index (χ2v) is 35.1. The molecule has 0 saturated heterocycles. The Morgan fingerprint density at radius 2 is 0.561 bits per heavy atom. The van der Waals surface area contributed by atoms with Gasteiger partial charge in [-0.1, -0.05) is 249 Å². The molecule has 6 unspecified atom stereocenters. The largest absolute Gasteiger partial charge is 0.334 e. The molecule has 19 rings (SSSR count). The fourth-order valence-corrected chi connectivity index (χ4v) is 24.3. The van der Waals surface area contributed by atoms with Crippen LogP contribution in [0, 0.1) is 16.2 Å². The first-order valence-electron chi connectivity index (χ1n) is 37.5. The Hall–Kier alpha value is -8.66. The van der Waals surface area contributed by atoms with Crippen molar-refractivity contribution in [3.8, 4) is 33.4 Å². The lowest BCUT2D eigenvalue weighted by atomic mass is 9.52. The van der Waals surface area contributed by atoms with E-state index in [9.17, 15) is 0 Å². The highest BCUT2D eigenvalue weighted by Gasteiger charge is 2.68. The van der Waals surface area contributed by atoms with E-state index < -0.39 is 0 Å². The average molecular weight is 1280 g/mol. The van der Waals surface area contributed by atoms with Gasteiger partial charge in [0.25, 0.3) is 0 Å². The number of hydrogen-bond donors (Lipinski definition) is 0. The minimum absolute atomic E-state index is 0.00245. The molecule has 3 fully saturated rings. The SMILES string of the molecule is CC(C)(C)C12CCCCC1(C)c1cc(-c3ccc4c5cc6c(cc5c5cccc3c54)c3ccc(-c4ccc5c(c4)C4(C)CCCCC4(C(C)(C)C)N5c4ccccc4)c4c(-c5ccc7c(c5)C5(C)CCCCC5(C(C)(C)C)N7c5ccccc5)ccc6c43)ccc1N2c1ccccc1. The first kappa shape index (κ1) is 60.5. The molecule has 3 heteroatoms. The van der Waals surface area contributed by atoms with Crippen molar-refractivity contribution in [1.29, 1.82) is 0 Å². The summed E-state index contributed by atoms with van der Waals surface area (Å²) in [6, 6.07) is 84.5. The average Bonchev–Trinajstić information content (AvgIpc) is 1.52. The fraction of sp³-hybridized carbons (Fsp3) is 0.347. The topological polar surface area (TPSA) is 9.72 Å². The summed E-state index contributed by atoms with van der Waals surface area (Å²) in [6.07, 6.45) is 14.5. The number of nitrogens with zero attached hydrogens (tertiary/aromatic N) is 3. The molecule has 0 bridgehead atoms. The molecule has 0 aromatic heterocycles. The Balaban J connectivity index is 0.824. The van der Waals surface area contributed by atoms with Crippen LogP contribution in [0.1, 0.15) is 177 Å². The lowest BCUT2D eigenvalue weighted by molar-refractivity contribution is 0.0607. The molecular weight excluding hydrogens is 1180 g/mol. The third-order valence-electron chi connectivity index (χ3n) is 28.0. The van der Waals surface area contributed by atoms with Gasteiger partial charge in [0.15, 0.2) is 0 Å². The maximum Gasteiger partial charge on any atom is 0.0594 e. The summed E-state index contributed by atoms with van der Waals surface area (Å²) >= 11 is 0. The van der Waals surface area contributed by atoms with Crippen LogP contribution in [0.2, 0.25) is 0 Å². The predicted octanol–water partition coefficient (Wildman–Crippen LogP) is 26.8. The van der Waals surface area contributed by atoms with E-state index in [1.54, 1.807) is 0 Å².